The van der Waals surface area contributed by atoms with Gasteiger partial charge in [-0.05, 0) is 73.3 Å². The van der Waals surface area contributed by atoms with Gasteiger partial charge in [0.05, 0.1) is 31.6 Å². The first-order valence-electron chi connectivity index (χ1n) is 15.4. The maximum atomic E-state index is 12.6. The van der Waals surface area contributed by atoms with Crippen LogP contribution in [0.5, 0.6) is 11.5 Å². The molecule has 0 aliphatic carbocycles. The molecule has 3 aromatic carbocycles. The number of carboxylic acid groups (broad SMARTS) is 2. The molecule has 2 heterocycles. The average Bonchev–Trinajstić information content (AvgIpc) is 3.39. The zero-order valence-corrected chi connectivity index (χ0v) is 32.1. The number of carbonyl (C=O) groups is 2. The summed E-state index contributed by atoms with van der Waals surface area (Å²) in [7, 11) is -7.63. The monoisotopic (exact) mass is 836 g/mol. The predicted molar refractivity (Wildman–Crippen MR) is 202 cm³/mol. The van der Waals surface area contributed by atoms with E-state index < -0.39 is 42.8 Å². The summed E-state index contributed by atoms with van der Waals surface area (Å²) in [6.45, 7) is 5.32. The van der Waals surface area contributed by atoms with Crippen molar-refractivity contribution in [2.24, 2.45) is 27.7 Å². The van der Waals surface area contributed by atoms with Crippen molar-refractivity contribution < 1.29 is 55.3 Å². The number of primary sulfonamides is 1. The Balaban J connectivity index is 0.000000254. The van der Waals surface area contributed by atoms with Crippen LogP contribution in [0.1, 0.15) is 44.0 Å². The van der Waals surface area contributed by atoms with E-state index in [0.717, 1.165) is 17.2 Å². The fourth-order valence-corrected chi connectivity index (χ4v) is 7.62. The Hall–Kier alpha value is -4.67. The number of nitrogens with two attached hydrogens (primary N) is 4. The van der Waals surface area contributed by atoms with Crippen LogP contribution < -0.4 is 27.1 Å². The molecule has 0 fully saturated rings. The molecule has 22 heteroatoms. The van der Waals surface area contributed by atoms with E-state index in [9.17, 15) is 35.2 Å². The van der Waals surface area contributed by atoms with E-state index in [-0.39, 0.29) is 50.8 Å². The summed E-state index contributed by atoms with van der Waals surface area (Å²) in [6, 6.07) is 10.5. The number of fused-ring (bicyclic) bond motifs is 2. The number of aromatic hydroxyl groups is 1. The molecule has 4 aromatic rings. The summed E-state index contributed by atoms with van der Waals surface area (Å²) in [4.78, 5) is 27.9. The van der Waals surface area contributed by atoms with Crippen molar-refractivity contribution >= 4 is 87.7 Å². The van der Waals surface area contributed by atoms with Crippen molar-refractivity contribution in [1.29, 1.82) is 0 Å². The highest BCUT2D eigenvalue weighted by Gasteiger charge is 2.26. The van der Waals surface area contributed by atoms with Gasteiger partial charge in [0.2, 0.25) is 10.0 Å². The van der Waals surface area contributed by atoms with Crippen LogP contribution in [-0.4, -0.2) is 73.7 Å². The minimum absolute atomic E-state index is 0.110. The first-order chi connectivity index (χ1) is 24.8. The minimum Gasteiger partial charge on any atom is -0.507 e. The van der Waals surface area contributed by atoms with Crippen molar-refractivity contribution in [2.75, 3.05) is 23.8 Å². The summed E-state index contributed by atoms with van der Waals surface area (Å²) in [5.74, 6) is -1.69. The Kier molecular flexibility index (Phi) is 16.1. The molecule has 54 heavy (non-hydrogen) atoms. The number of anilines is 2. The Labute approximate surface area is 318 Å². The highest BCUT2D eigenvalue weighted by Crippen LogP contribution is 2.35. The Morgan fingerprint density at radius 1 is 1.09 bits per heavy atom. The highest BCUT2D eigenvalue weighted by molar-refractivity contribution is 7.92. The number of hydrogen-bond acceptors (Lipinski definition) is 14. The number of rotatable bonds is 9. The Morgan fingerprint density at radius 3 is 2.26 bits per heavy atom. The van der Waals surface area contributed by atoms with E-state index in [1.165, 1.54) is 53.9 Å². The van der Waals surface area contributed by atoms with Crippen LogP contribution in [0.25, 0.3) is 10.2 Å². The molecular weight excluding hydrogens is 798 g/mol. The van der Waals surface area contributed by atoms with Gasteiger partial charge in [-0.1, -0.05) is 36.8 Å². The number of aliphatic carboxylic acids is 1. The second kappa shape index (κ2) is 19.1. The van der Waals surface area contributed by atoms with E-state index in [0.29, 0.717) is 35.7 Å². The molecule has 16 nitrogen and oxygen atoms in total. The van der Waals surface area contributed by atoms with Crippen LogP contribution in [-0.2, 0) is 24.7 Å². The summed E-state index contributed by atoms with van der Waals surface area (Å²) < 4.78 is 76.1. The topological polar surface area (TPSA) is 302 Å². The second-order valence-electron chi connectivity index (χ2n) is 11.9. The Morgan fingerprint density at radius 2 is 1.74 bits per heavy atom. The van der Waals surface area contributed by atoms with Crippen LogP contribution in [0.3, 0.4) is 0 Å². The number of phenols is 1. The smallest absolute Gasteiger partial charge is 0.394 e. The molecule has 0 radical (unpaired) electrons. The number of halogens is 3. The molecule has 0 saturated heterocycles. The van der Waals surface area contributed by atoms with Gasteiger partial charge < -0.3 is 37.3 Å². The number of nitrogens with zero attached hydrogens (tertiary/aromatic N) is 2. The first kappa shape index (κ1) is 45.5. The molecular formula is C32H39ClF2N6O10S3. The molecule has 1 aliphatic rings. The number of aromatic nitrogens is 1. The number of aliphatic imine (C=N–C) groups is 1. The summed E-state index contributed by atoms with van der Waals surface area (Å²) in [5.41, 5.74) is 17.1. The number of sulfonamides is 1. The zero-order valence-electron chi connectivity index (χ0n) is 28.9. The molecule has 296 valence electrons. The standard InChI is InChI=1S/C9H8F2N2OS.C8H7ClN2O4S2.C8H17NO2.C7H7NO3/c1-9(10,11)14-5-2-3-6-7(4-5)15-8(12)13-6;9-5-3-6-8(4-7(5)17(10,14)15)16(12,13)2-1-11-6;1-6(2)3-7(5-9)4-8(10)11;8-4-1-2-6(9)5(3-4)7(10)11/h2-4H,1H3,(H2,12,13);1,3-4H,2H2,(H2,10,14,15);6-7H,3-5,9H2,1-2H3,(H,10,11);1-3,9H,8H2,(H,10,11). The molecule has 1 atom stereocenters. The van der Waals surface area contributed by atoms with Crippen LogP contribution in [0, 0.1) is 11.8 Å². The fraction of sp³-hybridized carbons (Fsp3) is 0.312. The maximum Gasteiger partial charge on any atom is 0.394 e. The van der Waals surface area contributed by atoms with Crippen LogP contribution >= 0.6 is 22.9 Å². The number of carboxylic acids is 2. The summed E-state index contributed by atoms with van der Waals surface area (Å²) >= 11 is 6.95. The third-order valence-electron chi connectivity index (χ3n) is 6.71. The van der Waals surface area contributed by atoms with E-state index in [1.54, 1.807) is 6.07 Å². The molecule has 5 rings (SSSR count). The first-order valence-corrected chi connectivity index (χ1v) is 19.8. The number of alkyl halides is 2. The molecule has 0 amide bonds. The number of nitrogen functional groups attached to an aromatic ring is 2. The van der Waals surface area contributed by atoms with E-state index >= 15 is 0 Å². The van der Waals surface area contributed by atoms with Gasteiger partial charge in [0, 0.05) is 25.2 Å². The SMILES string of the molecule is CC(C)CC(CN)CC(=O)O.CC(F)(F)Oc1ccc2nc(N)sc2c1.NS(=O)(=O)c1cc2c(cc1Cl)N=CCS2(=O)=O.Nc1ccc(O)c(C(=O)O)c1. The van der Waals surface area contributed by atoms with Crippen molar-refractivity contribution in [1.82, 2.24) is 4.98 Å². The molecule has 1 aliphatic heterocycles. The largest absolute Gasteiger partial charge is 0.507 e. The molecule has 1 unspecified atom stereocenters. The maximum absolute atomic E-state index is 12.6. The van der Waals surface area contributed by atoms with Gasteiger partial charge >= 0.3 is 18.0 Å². The van der Waals surface area contributed by atoms with Crippen molar-refractivity contribution in [3.05, 3.63) is 59.1 Å². The number of benzene rings is 3. The quantitative estimate of drug-likeness (QED) is 0.0852. The lowest BCUT2D eigenvalue weighted by atomic mass is 9.94. The van der Waals surface area contributed by atoms with Crippen molar-refractivity contribution in [2.45, 2.75) is 49.5 Å². The van der Waals surface area contributed by atoms with Gasteiger partial charge in [0.1, 0.15) is 22.0 Å². The molecule has 11 N–H and O–H groups in total. The van der Waals surface area contributed by atoms with E-state index in [4.69, 9.17) is 49.3 Å². The normalized spacial score (nSPS) is 13.6. The number of ether oxygens (including phenoxy) is 1. The van der Waals surface area contributed by atoms with Gasteiger partial charge in [0.15, 0.2) is 15.0 Å². The third-order valence-corrected chi connectivity index (χ3v) is 10.5. The van der Waals surface area contributed by atoms with E-state index in [2.05, 4.69) is 28.6 Å². The highest BCUT2D eigenvalue weighted by atomic mass is 35.5. The van der Waals surface area contributed by atoms with Crippen LogP contribution in [0.4, 0.5) is 25.3 Å². The van der Waals surface area contributed by atoms with Gasteiger partial charge in [-0.25, -0.2) is 31.8 Å². The summed E-state index contributed by atoms with van der Waals surface area (Å²) in [6.07, 6.45) is -0.841. The lowest BCUT2D eigenvalue weighted by molar-refractivity contribution is -0.158. The molecule has 0 spiro atoms. The molecule has 0 saturated carbocycles. The lowest BCUT2D eigenvalue weighted by Crippen LogP contribution is -2.19. The fourth-order valence-electron chi connectivity index (χ4n) is 4.51. The zero-order chi connectivity index (χ0) is 41.2. The molecule has 1 aromatic heterocycles. The van der Waals surface area contributed by atoms with E-state index in [1.807, 2.05) is 0 Å². The third kappa shape index (κ3) is 14.6. The van der Waals surface area contributed by atoms with Gasteiger partial charge in [-0.2, -0.15) is 8.78 Å². The number of thiazole rings is 1. The average molecular weight is 837 g/mol. The van der Waals surface area contributed by atoms with Gasteiger partial charge in [-0.15, -0.1) is 0 Å². The van der Waals surface area contributed by atoms with Crippen LogP contribution in [0.15, 0.2) is 63.3 Å². The lowest BCUT2D eigenvalue weighted by Gasteiger charge is -2.13. The van der Waals surface area contributed by atoms with Gasteiger partial charge in [-0.3, -0.25) is 9.79 Å². The number of sulfone groups is 1. The number of aromatic carboxylic acids is 1. The Bertz CT molecular complexity index is 2210. The minimum atomic E-state index is -4.07. The number of hydrogen-bond donors (Lipinski definition) is 7. The van der Waals surface area contributed by atoms with Crippen molar-refractivity contribution in [3.63, 3.8) is 0 Å². The second-order valence-corrected chi connectivity index (χ2v) is 16.9. The summed E-state index contributed by atoms with van der Waals surface area (Å²) in [5, 5.41) is 31.1. The molecule has 0 bridgehead atoms. The van der Waals surface area contributed by atoms with Crippen LogP contribution in [0.2, 0.25) is 5.02 Å². The predicted octanol–water partition coefficient (Wildman–Crippen LogP) is 5.10. The van der Waals surface area contributed by atoms with Crippen molar-refractivity contribution in [3.8, 4) is 11.5 Å². The van der Waals surface area contributed by atoms with Gasteiger partial charge in [0.25, 0.3) is 0 Å².